The maximum atomic E-state index is 12.5. The second-order valence-corrected chi connectivity index (χ2v) is 11.2. The zero-order valence-corrected chi connectivity index (χ0v) is 23.4. The molecular weight excluding hydrogens is 523 g/mol. The van der Waals surface area contributed by atoms with Crippen molar-refractivity contribution in [2.45, 2.75) is 64.4 Å². The molecule has 10 heteroatoms. The molecule has 0 spiro atoms. The quantitative estimate of drug-likeness (QED) is 0.280. The molecule has 0 radical (unpaired) electrons. The van der Waals surface area contributed by atoms with E-state index in [1.165, 1.54) is 0 Å². The lowest BCUT2D eigenvalue weighted by Crippen LogP contribution is -2.51. The van der Waals surface area contributed by atoms with Gasteiger partial charge in [0.2, 0.25) is 0 Å². The minimum Gasteiger partial charge on any atom is -0.459 e. The van der Waals surface area contributed by atoms with Crippen molar-refractivity contribution in [3.05, 3.63) is 69.8 Å². The molecule has 5 N–H and O–H groups in total. The van der Waals surface area contributed by atoms with Crippen LogP contribution in [0, 0.1) is 0 Å². The molecule has 3 aromatic rings. The summed E-state index contributed by atoms with van der Waals surface area (Å²) < 4.78 is 5.56. The number of benzene rings is 2. The number of piperidine rings is 1. The third-order valence-corrected chi connectivity index (χ3v) is 6.92. The van der Waals surface area contributed by atoms with Crippen LogP contribution in [0.25, 0.3) is 11.3 Å². The molecule has 0 bridgehead atoms. The van der Waals surface area contributed by atoms with Crippen molar-refractivity contribution < 1.29 is 9.53 Å². The minimum absolute atomic E-state index is 0.200. The highest BCUT2D eigenvalue weighted by Crippen LogP contribution is 2.27. The van der Waals surface area contributed by atoms with Crippen LogP contribution in [-0.4, -0.2) is 40.2 Å². The summed E-state index contributed by atoms with van der Waals surface area (Å²) >= 11 is 12.6. The van der Waals surface area contributed by atoms with E-state index < -0.39 is 5.60 Å². The van der Waals surface area contributed by atoms with Gasteiger partial charge in [-0.1, -0.05) is 47.5 Å². The first kappa shape index (κ1) is 28.1. The summed E-state index contributed by atoms with van der Waals surface area (Å²) in [5, 5.41) is 11.2. The van der Waals surface area contributed by atoms with E-state index in [2.05, 4.69) is 33.1 Å². The van der Waals surface area contributed by atoms with Gasteiger partial charge in [-0.05, 0) is 63.9 Å². The Morgan fingerprint density at radius 3 is 2.63 bits per heavy atom. The van der Waals surface area contributed by atoms with E-state index in [9.17, 15) is 4.79 Å². The van der Waals surface area contributed by atoms with Gasteiger partial charge in [0, 0.05) is 40.3 Å². The predicted octanol–water partition coefficient (Wildman–Crippen LogP) is 5.20. The molecule has 0 saturated carbocycles. The van der Waals surface area contributed by atoms with Gasteiger partial charge in [0.25, 0.3) is 0 Å². The zero-order valence-electron chi connectivity index (χ0n) is 21.9. The first-order valence-corrected chi connectivity index (χ1v) is 13.4. The predicted molar refractivity (Wildman–Crippen MR) is 153 cm³/mol. The fourth-order valence-corrected chi connectivity index (χ4v) is 4.83. The number of carbonyl (C=O) groups excluding carboxylic acids is 1. The molecule has 1 fully saturated rings. The van der Waals surface area contributed by atoms with E-state index in [4.69, 9.17) is 38.7 Å². The number of nitrogens with zero attached hydrogens (tertiary/aromatic N) is 2. The molecule has 2 aromatic carbocycles. The smallest absolute Gasteiger partial charge is 0.323 e. The molecular formula is C28H34Cl2N6O2. The van der Waals surface area contributed by atoms with Crippen molar-refractivity contribution in [1.29, 1.82) is 0 Å². The minimum atomic E-state index is -0.498. The SMILES string of the molecule is CC(C)(C)OC(=O)[C@@H]1CC(NCc2cccc(-c3cnc(N)c(NCc4c(Cl)cccc4Cl)n3)c2)CCN1. The van der Waals surface area contributed by atoms with E-state index in [0.717, 1.165) is 29.7 Å². The van der Waals surface area contributed by atoms with E-state index in [-0.39, 0.29) is 18.1 Å². The third kappa shape index (κ3) is 7.57. The Balaban J connectivity index is 1.39. The number of nitrogens with one attached hydrogen (secondary N) is 3. The van der Waals surface area contributed by atoms with Crippen molar-refractivity contribution in [3.8, 4) is 11.3 Å². The van der Waals surface area contributed by atoms with Gasteiger partial charge < -0.3 is 26.4 Å². The Kier molecular flexibility index (Phi) is 9.10. The standard InChI is InChI=1S/C28H34Cl2N6O2/c1-28(2,3)38-27(37)23-13-19(10-11-32-23)33-14-17-6-4-7-18(12-17)24-16-34-25(31)26(36-24)35-15-20-21(29)8-5-9-22(20)30/h4-9,12,16,19,23,32-33H,10-11,13-15H2,1-3H3,(H2,31,34)(H,35,36)/t19?,23-/m0/s1. The van der Waals surface area contributed by atoms with Crippen molar-refractivity contribution >= 4 is 40.8 Å². The molecule has 1 unspecified atom stereocenters. The van der Waals surface area contributed by atoms with Crippen LogP contribution >= 0.6 is 23.2 Å². The molecule has 2 heterocycles. The van der Waals surface area contributed by atoms with Crippen LogP contribution < -0.4 is 21.7 Å². The van der Waals surface area contributed by atoms with Crippen LogP contribution in [0.3, 0.4) is 0 Å². The van der Waals surface area contributed by atoms with Crippen molar-refractivity contribution in [3.63, 3.8) is 0 Å². The Labute approximate surface area is 233 Å². The summed E-state index contributed by atoms with van der Waals surface area (Å²) in [5.41, 5.74) is 9.07. The first-order valence-electron chi connectivity index (χ1n) is 12.7. The molecule has 2 atom stereocenters. The number of nitrogens with two attached hydrogens (primary N) is 1. The molecule has 1 aliphatic heterocycles. The first-order chi connectivity index (χ1) is 18.1. The largest absolute Gasteiger partial charge is 0.459 e. The third-order valence-electron chi connectivity index (χ3n) is 6.21. The molecule has 0 amide bonds. The van der Waals surface area contributed by atoms with Gasteiger partial charge in [-0.15, -0.1) is 0 Å². The van der Waals surface area contributed by atoms with Gasteiger partial charge in [0.05, 0.1) is 11.9 Å². The summed E-state index contributed by atoms with van der Waals surface area (Å²) in [5.74, 6) is 0.555. The lowest BCUT2D eigenvalue weighted by molar-refractivity contribution is -0.158. The number of halogens is 2. The lowest BCUT2D eigenvalue weighted by Gasteiger charge is -2.31. The number of hydrogen-bond acceptors (Lipinski definition) is 8. The summed E-state index contributed by atoms with van der Waals surface area (Å²) in [6.07, 6.45) is 3.28. The highest BCUT2D eigenvalue weighted by Gasteiger charge is 2.30. The monoisotopic (exact) mass is 556 g/mol. The summed E-state index contributed by atoms with van der Waals surface area (Å²) in [6.45, 7) is 7.45. The van der Waals surface area contributed by atoms with Crippen molar-refractivity contribution in [1.82, 2.24) is 20.6 Å². The Morgan fingerprint density at radius 1 is 1.16 bits per heavy atom. The van der Waals surface area contributed by atoms with Crippen LogP contribution in [0.2, 0.25) is 10.0 Å². The van der Waals surface area contributed by atoms with Gasteiger partial charge in [0.1, 0.15) is 11.6 Å². The van der Waals surface area contributed by atoms with Crippen LogP contribution in [0.5, 0.6) is 0 Å². The van der Waals surface area contributed by atoms with Gasteiger partial charge in [-0.3, -0.25) is 4.79 Å². The Hall–Kier alpha value is -2.91. The van der Waals surface area contributed by atoms with Crippen LogP contribution in [0.1, 0.15) is 44.7 Å². The Bertz CT molecular complexity index is 1260. The number of aromatic nitrogens is 2. The van der Waals surface area contributed by atoms with E-state index in [0.29, 0.717) is 46.9 Å². The van der Waals surface area contributed by atoms with E-state index in [1.54, 1.807) is 24.4 Å². The van der Waals surface area contributed by atoms with Gasteiger partial charge in [-0.2, -0.15) is 0 Å². The number of esters is 1. The number of anilines is 2. The van der Waals surface area contributed by atoms with Gasteiger partial charge in [0.15, 0.2) is 11.6 Å². The van der Waals surface area contributed by atoms with Crippen LogP contribution in [0.15, 0.2) is 48.7 Å². The average molecular weight is 558 g/mol. The number of hydrogen-bond donors (Lipinski definition) is 4. The van der Waals surface area contributed by atoms with Gasteiger partial charge >= 0.3 is 5.97 Å². The number of carbonyl (C=O) groups is 1. The molecule has 1 saturated heterocycles. The lowest BCUT2D eigenvalue weighted by atomic mass is 9.98. The fraction of sp³-hybridized carbons (Fsp3) is 0.393. The van der Waals surface area contributed by atoms with Gasteiger partial charge in [-0.25, -0.2) is 9.97 Å². The Morgan fingerprint density at radius 2 is 1.89 bits per heavy atom. The normalized spacial score (nSPS) is 17.7. The van der Waals surface area contributed by atoms with E-state index in [1.807, 2.05) is 32.9 Å². The molecule has 4 rings (SSSR count). The fourth-order valence-electron chi connectivity index (χ4n) is 4.30. The summed E-state index contributed by atoms with van der Waals surface area (Å²) in [4.78, 5) is 21.5. The topological polar surface area (TPSA) is 114 Å². The molecule has 38 heavy (non-hydrogen) atoms. The average Bonchev–Trinajstić information content (AvgIpc) is 2.87. The zero-order chi connectivity index (χ0) is 27.3. The molecule has 1 aliphatic rings. The number of ether oxygens (including phenoxy) is 1. The highest BCUT2D eigenvalue weighted by molar-refractivity contribution is 6.36. The summed E-state index contributed by atoms with van der Waals surface area (Å²) in [7, 11) is 0. The number of rotatable bonds is 8. The van der Waals surface area contributed by atoms with Crippen LogP contribution in [-0.2, 0) is 22.6 Å². The summed E-state index contributed by atoms with van der Waals surface area (Å²) in [6, 6.07) is 13.4. The van der Waals surface area contributed by atoms with Crippen LogP contribution in [0.4, 0.5) is 11.6 Å². The molecule has 202 valence electrons. The highest BCUT2D eigenvalue weighted by atomic mass is 35.5. The second-order valence-electron chi connectivity index (χ2n) is 10.4. The van der Waals surface area contributed by atoms with Crippen molar-refractivity contribution in [2.24, 2.45) is 0 Å². The maximum absolute atomic E-state index is 12.5. The maximum Gasteiger partial charge on any atom is 0.323 e. The molecule has 8 nitrogen and oxygen atoms in total. The number of nitrogen functional groups attached to an aromatic ring is 1. The van der Waals surface area contributed by atoms with Crippen molar-refractivity contribution in [2.75, 3.05) is 17.6 Å². The second kappa shape index (κ2) is 12.3. The molecule has 0 aliphatic carbocycles. The van der Waals surface area contributed by atoms with E-state index >= 15 is 0 Å². The molecule has 1 aromatic heterocycles.